The number of benzene rings is 1. The summed E-state index contributed by atoms with van der Waals surface area (Å²) in [5.41, 5.74) is -1.18. The number of aromatic nitrogens is 3. The summed E-state index contributed by atoms with van der Waals surface area (Å²) in [6.45, 7) is 2.24. The monoisotopic (exact) mass is 307 g/mol. The molecule has 0 spiro atoms. The minimum Gasteiger partial charge on any atom is -0.310 e. The van der Waals surface area contributed by atoms with E-state index in [-0.39, 0.29) is 17.3 Å². The summed E-state index contributed by atoms with van der Waals surface area (Å²) in [6.07, 6.45) is -4.76. The Labute approximate surface area is 117 Å². The molecule has 8 heteroatoms. The van der Waals surface area contributed by atoms with Gasteiger partial charge in [-0.05, 0) is 25.1 Å². The van der Waals surface area contributed by atoms with Crippen LogP contribution in [0.5, 0.6) is 0 Å². The summed E-state index contributed by atoms with van der Waals surface area (Å²) in [7, 11) is 0. The number of alkyl halides is 4. The summed E-state index contributed by atoms with van der Waals surface area (Å²) in [6, 6.07) is 2.73. The maximum Gasteiger partial charge on any atom is 0.419 e. The van der Waals surface area contributed by atoms with Gasteiger partial charge in [0.05, 0.1) is 11.4 Å². The molecule has 1 heterocycles. The zero-order valence-corrected chi connectivity index (χ0v) is 11.1. The molecule has 0 radical (unpaired) electrons. The van der Waals surface area contributed by atoms with E-state index in [1.807, 2.05) is 0 Å². The highest BCUT2D eigenvalue weighted by Crippen LogP contribution is 2.34. The second kappa shape index (κ2) is 5.40. The summed E-state index contributed by atoms with van der Waals surface area (Å²) >= 11 is 5.68. The largest absolute Gasteiger partial charge is 0.419 e. The van der Waals surface area contributed by atoms with Gasteiger partial charge in [0.2, 0.25) is 0 Å². The van der Waals surface area contributed by atoms with Crippen LogP contribution in [0.4, 0.5) is 17.6 Å². The molecule has 0 saturated carbocycles. The summed E-state index contributed by atoms with van der Waals surface area (Å²) in [5, 5.41) is 7.62. The Bertz CT molecular complexity index is 622. The lowest BCUT2D eigenvalue weighted by Crippen LogP contribution is -2.09. The molecule has 1 aromatic carbocycles. The van der Waals surface area contributed by atoms with E-state index >= 15 is 0 Å². The molecule has 0 aliphatic heterocycles. The molecule has 0 aliphatic carbocycles. The Morgan fingerprint density at radius 2 is 1.95 bits per heavy atom. The first-order valence-electron chi connectivity index (χ1n) is 5.73. The molecule has 2 rings (SSSR count). The molecule has 20 heavy (non-hydrogen) atoms. The van der Waals surface area contributed by atoms with Crippen LogP contribution >= 0.6 is 11.6 Å². The van der Waals surface area contributed by atoms with Gasteiger partial charge in [-0.25, -0.2) is 4.39 Å². The van der Waals surface area contributed by atoms with Gasteiger partial charge < -0.3 is 4.57 Å². The third-order valence-electron chi connectivity index (χ3n) is 2.79. The predicted octanol–water partition coefficient (Wildman–Crippen LogP) is 3.86. The molecule has 0 unspecified atom stereocenters. The molecule has 3 nitrogen and oxygen atoms in total. The van der Waals surface area contributed by atoms with Crippen molar-refractivity contribution in [1.29, 1.82) is 0 Å². The molecule has 0 saturated heterocycles. The topological polar surface area (TPSA) is 30.7 Å². The Morgan fingerprint density at radius 1 is 1.25 bits per heavy atom. The number of halogens is 5. The van der Waals surface area contributed by atoms with Gasteiger partial charge in [-0.1, -0.05) is 0 Å². The molecule has 108 valence electrons. The molecule has 0 bridgehead atoms. The van der Waals surface area contributed by atoms with E-state index in [1.165, 1.54) is 6.07 Å². The van der Waals surface area contributed by atoms with Crippen molar-refractivity contribution < 1.29 is 17.6 Å². The highest BCUT2D eigenvalue weighted by molar-refractivity contribution is 6.16. The van der Waals surface area contributed by atoms with Crippen LogP contribution in [0.15, 0.2) is 18.2 Å². The van der Waals surface area contributed by atoms with Gasteiger partial charge in [0.25, 0.3) is 0 Å². The second-order valence-electron chi connectivity index (χ2n) is 4.01. The van der Waals surface area contributed by atoms with Crippen molar-refractivity contribution >= 4 is 11.6 Å². The van der Waals surface area contributed by atoms with Gasteiger partial charge in [-0.15, -0.1) is 21.8 Å². The number of hydrogen-bond acceptors (Lipinski definition) is 2. The zero-order valence-electron chi connectivity index (χ0n) is 10.4. The maximum atomic E-state index is 13.3. The lowest BCUT2D eigenvalue weighted by Gasteiger charge is -2.11. The van der Waals surface area contributed by atoms with Crippen molar-refractivity contribution in [3.05, 3.63) is 35.4 Å². The summed E-state index contributed by atoms with van der Waals surface area (Å²) in [4.78, 5) is 0. The zero-order chi connectivity index (χ0) is 14.9. The van der Waals surface area contributed by atoms with Crippen LogP contribution in [0.25, 0.3) is 11.4 Å². The molecule has 0 atom stereocenters. The van der Waals surface area contributed by atoms with E-state index in [9.17, 15) is 17.6 Å². The van der Waals surface area contributed by atoms with Crippen LogP contribution in [-0.2, 0) is 18.6 Å². The lowest BCUT2D eigenvalue weighted by molar-refractivity contribution is -0.139. The molecular formula is C12H10ClF4N3. The molecular weight excluding hydrogens is 298 g/mol. The summed E-state index contributed by atoms with van der Waals surface area (Å²) in [5.74, 6) is -0.550. The van der Waals surface area contributed by atoms with Crippen LogP contribution in [-0.4, -0.2) is 14.8 Å². The average molecular weight is 308 g/mol. The Balaban J connectivity index is 2.57. The molecule has 0 aliphatic rings. The van der Waals surface area contributed by atoms with Crippen molar-refractivity contribution in [2.75, 3.05) is 0 Å². The van der Waals surface area contributed by atoms with Gasteiger partial charge in [0.15, 0.2) is 5.82 Å². The third-order valence-corrected chi connectivity index (χ3v) is 3.03. The van der Waals surface area contributed by atoms with Crippen LogP contribution in [0, 0.1) is 5.82 Å². The highest BCUT2D eigenvalue weighted by atomic mass is 35.5. The lowest BCUT2D eigenvalue weighted by atomic mass is 10.1. The number of hydrogen-bond donors (Lipinski definition) is 0. The van der Waals surface area contributed by atoms with E-state index in [0.29, 0.717) is 12.4 Å². The van der Waals surface area contributed by atoms with E-state index in [4.69, 9.17) is 11.6 Å². The van der Waals surface area contributed by atoms with Crippen LogP contribution in [0.2, 0.25) is 0 Å². The van der Waals surface area contributed by atoms with E-state index in [1.54, 1.807) is 11.5 Å². The van der Waals surface area contributed by atoms with Crippen LogP contribution in [0.1, 0.15) is 18.3 Å². The molecule has 2 aromatic rings. The first kappa shape index (κ1) is 14.8. The van der Waals surface area contributed by atoms with Crippen molar-refractivity contribution in [3.63, 3.8) is 0 Å². The Hall–Kier alpha value is -1.63. The maximum absolute atomic E-state index is 13.3. The number of rotatable bonds is 3. The second-order valence-corrected chi connectivity index (χ2v) is 4.28. The minimum atomic E-state index is -4.76. The third kappa shape index (κ3) is 2.63. The molecule has 1 aromatic heterocycles. The van der Waals surface area contributed by atoms with Crippen molar-refractivity contribution in [1.82, 2.24) is 14.8 Å². The quantitative estimate of drug-likeness (QED) is 0.637. The van der Waals surface area contributed by atoms with Crippen LogP contribution in [0.3, 0.4) is 0 Å². The number of nitrogens with zero attached hydrogens (tertiary/aromatic N) is 3. The van der Waals surface area contributed by atoms with Gasteiger partial charge in [0.1, 0.15) is 11.6 Å². The van der Waals surface area contributed by atoms with Gasteiger partial charge in [-0.2, -0.15) is 13.2 Å². The summed E-state index contributed by atoms with van der Waals surface area (Å²) < 4.78 is 52.9. The molecule has 0 amide bonds. The van der Waals surface area contributed by atoms with E-state index in [0.717, 1.165) is 12.1 Å². The normalized spacial score (nSPS) is 11.9. The van der Waals surface area contributed by atoms with Gasteiger partial charge in [-0.3, -0.25) is 0 Å². The first-order valence-corrected chi connectivity index (χ1v) is 6.27. The van der Waals surface area contributed by atoms with Gasteiger partial charge >= 0.3 is 6.18 Å². The smallest absolute Gasteiger partial charge is 0.310 e. The standard InChI is InChI=1S/C12H10ClF4N3/c1-2-20-10(6-13)18-19-11(20)7-3-4-9(14)8(5-7)12(15,16)17/h3-5H,2,6H2,1H3. The van der Waals surface area contributed by atoms with Crippen molar-refractivity contribution in [2.24, 2.45) is 0 Å². The van der Waals surface area contributed by atoms with Crippen molar-refractivity contribution in [2.45, 2.75) is 25.5 Å². The highest BCUT2D eigenvalue weighted by Gasteiger charge is 2.34. The molecule has 0 fully saturated rings. The predicted molar refractivity (Wildman–Crippen MR) is 65.6 cm³/mol. The van der Waals surface area contributed by atoms with Gasteiger partial charge in [0, 0.05) is 12.1 Å². The Morgan fingerprint density at radius 3 is 2.50 bits per heavy atom. The van der Waals surface area contributed by atoms with Crippen molar-refractivity contribution in [3.8, 4) is 11.4 Å². The Kier molecular flexibility index (Phi) is 3.99. The fourth-order valence-corrected chi connectivity index (χ4v) is 2.06. The average Bonchev–Trinajstić information content (AvgIpc) is 2.80. The van der Waals surface area contributed by atoms with Crippen LogP contribution < -0.4 is 0 Å². The van der Waals surface area contributed by atoms with E-state index in [2.05, 4.69) is 10.2 Å². The fourth-order valence-electron chi connectivity index (χ4n) is 1.86. The first-order chi connectivity index (χ1) is 9.38. The minimum absolute atomic E-state index is 0.0914. The SMILES string of the molecule is CCn1c(CCl)nnc1-c1ccc(F)c(C(F)(F)F)c1. The fraction of sp³-hybridized carbons (Fsp3) is 0.333. The van der Waals surface area contributed by atoms with E-state index < -0.39 is 17.6 Å². The molecule has 0 N–H and O–H groups in total.